The monoisotopic (exact) mass is 553 g/mol. The van der Waals surface area contributed by atoms with Crippen molar-refractivity contribution in [3.8, 4) is 5.75 Å². The molecule has 0 spiro atoms. The standard InChI is InChI=1S/C26H20ClN3O5S2/c1-14-6-11-19(35-14)22(31)20-21(16-4-3-5-18(12-16)34-2)30(24(33)23(20)32)25-28-29-26(37-25)36-13-15-7-9-17(27)10-8-15/h3-12,21,32H,13H2,1-2H3. The Kier molecular flexibility index (Phi) is 7.05. The van der Waals surface area contributed by atoms with Gasteiger partial charge < -0.3 is 14.3 Å². The number of rotatable bonds is 8. The molecular formula is C26H20ClN3O5S2. The lowest BCUT2D eigenvalue weighted by atomic mass is 9.95. The van der Waals surface area contributed by atoms with Gasteiger partial charge in [0, 0.05) is 10.8 Å². The first-order valence-corrected chi connectivity index (χ1v) is 13.3. The summed E-state index contributed by atoms with van der Waals surface area (Å²) in [5.74, 6) is -0.261. The molecule has 0 aliphatic carbocycles. The molecule has 3 heterocycles. The number of carbonyl (C=O) groups excluding carboxylic acids is 2. The lowest BCUT2D eigenvalue weighted by Gasteiger charge is -2.24. The van der Waals surface area contributed by atoms with Crippen LogP contribution in [0.4, 0.5) is 5.13 Å². The van der Waals surface area contributed by atoms with Gasteiger partial charge in [-0.25, -0.2) is 0 Å². The normalized spacial score (nSPS) is 15.5. The van der Waals surface area contributed by atoms with Crippen molar-refractivity contribution in [3.05, 3.63) is 99.7 Å². The van der Waals surface area contributed by atoms with Gasteiger partial charge in [-0.2, -0.15) is 0 Å². The van der Waals surface area contributed by atoms with Gasteiger partial charge in [0.2, 0.25) is 10.9 Å². The van der Waals surface area contributed by atoms with E-state index in [1.165, 1.54) is 41.2 Å². The number of thioether (sulfide) groups is 1. The van der Waals surface area contributed by atoms with Crippen molar-refractivity contribution in [1.29, 1.82) is 0 Å². The number of nitrogens with zero attached hydrogens (tertiary/aromatic N) is 3. The number of benzene rings is 2. The van der Waals surface area contributed by atoms with Crippen LogP contribution in [0.2, 0.25) is 5.02 Å². The van der Waals surface area contributed by atoms with E-state index in [4.69, 9.17) is 20.8 Å². The summed E-state index contributed by atoms with van der Waals surface area (Å²) in [5, 5.41) is 20.3. The molecule has 0 bridgehead atoms. The second-order valence-electron chi connectivity index (χ2n) is 8.12. The van der Waals surface area contributed by atoms with Crippen LogP contribution in [0.1, 0.15) is 33.5 Å². The van der Waals surface area contributed by atoms with E-state index in [9.17, 15) is 14.7 Å². The summed E-state index contributed by atoms with van der Waals surface area (Å²) in [6.07, 6.45) is 0. The lowest BCUT2D eigenvalue weighted by Crippen LogP contribution is -2.31. The van der Waals surface area contributed by atoms with Crippen LogP contribution in [-0.2, 0) is 10.5 Å². The summed E-state index contributed by atoms with van der Waals surface area (Å²) in [5.41, 5.74) is 1.52. The predicted octanol–water partition coefficient (Wildman–Crippen LogP) is 6.18. The summed E-state index contributed by atoms with van der Waals surface area (Å²) in [6.45, 7) is 1.71. The number of aliphatic hydroxyl groups is 1. The van der Waals surface area contributed by atoms with Gasteiger partial charge in [-0.1, -0.05) is 59.0 Å². The third kappa shape index (κ3) is 5.00. The number of amides is 1. The van der Waals surface area contributed by atoms with Gasteiger partial charge in [0.25, 0.3) is 5.91 Å². The third-order valence-corrected chi connectivity index (χ3v) is 8.08. The highest BCUT2D eigenvalue weighted by molar-refractivity contribution is 8.00. The maximum atomic E-state index is 13.5. The number of hydrogen-bond donors (Lipinski definition) is 1. The molecule has 1 aliphatic rings. The number of anilines is 1. The van der Waals surface area contributed by atoms with Crippen LogP contribution in [0, 0.1) is 6.92 Å². The zero-order chi connectivity index (χ0) is 26.1. The first kappa shape index (κ1) is 25.1. The van der Waals surface area contributed by atoms with Crippen molar-refractivity contribution >= 4 is 51.5 Å². The number of carbonyl (C=O) groups is 2. The van der Waals surface area contributed by atoms with E-state index in [0.717, 1.165) is 5.56 Å². The molecular weight excluding hydrogens is 534 g/mol. The zero-order valence-electron chi connectivity index (χ0n) is 19.7. The van der Waals surface area contributed by atoms with E-state index in [1.807, 2.05) is 24.3 Å². The SMILES string of the molecule is COc1cccc(C2C(C(=O)c3ccc(C)o3)=C(O)C(=O)N2c2nnc(SCc3ccc(Cl)cc3)s2)c1. The number of halogens is 1. The summed E-state index contributed by atoms with van der Waals surface area (Å²) in [7, 11) is 1.52. The van der Waals surface area contributed by atoms with Crippen LogP contribution in [-0.4, -0.2) is 34.1 Å². The first-order valence-electron chi connectivity index (χ1n) is 11.1. The fraction of sp³-hybridized carbons (Fsp3) is 0.154. The Balaban J connectivity index is 1.50. The number of aliphatic hydroxyl groups excluding tert-OH is 1. The maximum Gasteiger partial charge on any atom is 0.296 e. The maximum absolute atomic E-state index is 13.5. The molecule has 1 N–H and O–H groups in total. The van der Waals surface area contributed by atoms with Crippen molar-refractivity contribution < 1.29 is 23.8 Å². The number of methoxy groups -OCH3 is 1. The van der Waals surface area contributed by atoms with E-state index in [2.05, 4.69) is 10.2 Å². The molecule has 37 heavy (non-hydrogen) atoms. The Labute approximate surface area is 225 Å². The molecule has 0 saturated carbocycles. The highest BCUT2D eigenvalue weighted by Crippen LogP contribution is 2.44. The Morgan fingerprint density at radius 3 is 2.68 bits per heavy atom. The van der Waals surface area contributed by atoms with Crippen molar-refractivity contribution in [1.82, 2.24) is 10.2 Å². The number of furan rings is 1. The highest BCUT2D eigenvalue weighted by atomic mass is 35.5. The average molecular weight is 554 g/mol. The first-order chi connectivity index (χ1) is 17.9. The molecule has 2 aromatic carbocycles. The van der Waals surface area contributed by atoms with Crippen LogP contribution in [0.15, 0.2) is 80.8 Å². The van der Waals surface area contributed by atoms with Crippen molar-refractivity contribution in [2.24, 2.45) is 0 Å². The minimum atomic E-state index is -0.956. The Bertz CT molecular complexity index is 1510. The van der Waals surface area contributed by atoms with Crippen LogP contribution < -0.4 is 9.64 Å². The number of aromatic nitrogens is 2. The second kappa shape index (κ2) is 10.4. The fourth-order valence-electron chi connectivity index (χ4n) is 3.93. The summed E-state index contributed by atoms with van der Waals surface area (Å²) < 4.78 is 11.5. The molecule has 188 valence electrons. The highest BCUT2D eigenvalue weighted by Gasteiger charge is 2.46. The third-order valence-electron chi connectivity index (χ3n) is 5.70. The molecule has 0 saturated heterocycles. The quantitative estimate of drug-likeness (QED) is 0.157. The zero-order valence-corrected chi connectivity index (χ0v) is 22.1. The van der Waals surface area contributed by atoms with E-state index in [-0.39, 0.29) is 16.5 Å². The van der Waals surface area contributed by atoms with Crippen molar-refractivity contribution in [2.45, 2.75) is 23.1 Å². The van der Waals surface area contributed by atoms with Gasteiger partial charge in [0.15, 0.2) is 15.9 Å². The molecule has 1 atom stereocenters. The Morgan fingerprint density at radius 2 is 1.97 bits per heavy atom. The van der Waals surface area contributed by atoms with Crippen LogP contribution in [0.3, 0.4) is 0 Å². The average Bonchev–Trinajstić information content (AvgIpc) is 3.62. The Morgan fingerprint density at radius 1 is 1.19 bits per heavy atom. The number of ketones is 1. The largest absolute Gasteiger partial charge is 0.503 e. The molecule has 0 fully saturated rings. The predicted molar refractivity (Wildman–Crippen MR) is 142 cm³/mol. The fourth-order valence-corrected chi connectivity index (χ4v) is 5.88. The molecule has 4 aromatic rings. The number of aryl methyl sites for hydroxylation is 1. The summed E-state index contributed by atoms with van der Waals surface area (Å²) in [6, 6.07) is 16.7. The molecule has 1 unspecified atom stereocenters. The van der Waals surface area contributed by atoms with Crippen LogP contribution in [0.5, 0.6) is 5.75 Å². The number of hydrogen-bond acceptors (Lipinski definition) is 9. The molecule has 2 aromatic heterocycles. The summed E-state index contributed by atoms with van der Waals surface area (Å²) in [4.78, 5) is 28.1. The van der Waals surface area contributed by atoms with Gasteiger partial charge in [0.1, 0.15) is 11.5 Å². The minimum absolute atomic E-state index is 0.0260. The molecule has 1 amide bonds. The van der Waals surface area contributed by atoms with Crippen molar-refractivity contribution in [3.63, 3.8) is 0 Å². The van der Waals surface area contributed by atoms with E-state index < -0.39 is 23.5 Å². The van der Waals surface area contributed by atoms with Crippen LogP contribution in [0.25, 0.3) is 0 Å². The molecule has 0 radical (unpaired) electrons. The van der Waals surface area contributed by atoms with Gasteiger partial charge in [-0.3, -0.25) is 14.5 Å². The van der Waals surface area contributed by atoms with E-state index in [1.54, 1.807) is 37.3 Å². The topological polar surface area (TPSA) is 106 Å². The minimum Gasteiger partial charge on any atom is -0.503 e. The molecule has 11 heteroatoms. The number of ether oxygens (including phenoxy) is 1. The lowest BCUT2D eigenvalue weighted by molar-refractivity contribution is -0.117. The smallest absolute Gasteiger partial charge is 0.296 e. The van der Waals surface area contributed by atoms with Crippen LogP contribution >= 0.6 is 34.7 Å². The molecule has 8 nitrogen and oxygen atoms in total. The van der Waals surface area contributed by atoms with E-state index in [0.29, 0.717) is 32.2 Å². The van der Waals surface area contributed by atoms with Gasteiger partial charge >= 0.3 is 0 Å². The van der Waals surface area contributed by atoms with E-state index >= 15 is 0 Å². The second-order valence-corrected chi connectivity index (χ2v) is 10.7. The number of Topliss-reactive ketones (excluding diaryl/α,β-unsaturated/α-hetero) is 1. The summed E-state index contributed by atoms with van der Waals surface area (Å²) >= 11 is 8.61. The van der Waals surface area contributed by atoms with Gasteiger partial charge in [-0.05, 0) is 54.4 Å². The Hall–Kier alpha value is -3.60. The van der Waals surface area contributed by atoms with Gasteiger partial charge in [0.05, 0.1) is 18.7 Å². The molecule has 1 aliphatic heterocycles. The molecule has 5 rings (SSSR count). The van der Waals surface area contributed by atoms with Crippen molar-refractivity contribution in [2.75, 3.05) is 12.0 Å². The van der Waals surface area contributed by atoms with Gasteiger partial charge in [-0.15, -0.1) is 10.2 Å².